The quantitative estimate of drug-likeness (QED) is 0.409. The van der Waals surface area contributed by atoms with Crippen LogP contribution in [0.15, 0.2) is 53.6 Å². The number of hydrogen-bond donors (Lipinski definition) is 2. The zero-order chi connectivity index (χ0) is 19.1. The first kappa shape index (κ1) is 19.1. The third-order valence-electron chi connectivity index (χ3n) is 3.59. The summed E-state index contributed by atoms with van der Waals surface area (Å²) in [5, 5.41) is 10.4. The number of carbonyl (C=O) groups excluding carboxylic acids is 3. The number of esters is 1. The molecule has 1 aliphatic rings. The van der Waals surface area contributed by atoms with Crippen molar-refractivity contribution in [2.45, 2.75) is 12.7 Å². The molecule has 2 N–H and O–H groups in total. The molecule has 1 aromatic rings. The molecule has 1 atom stereocenters. The van der Waals surface area contributed by atoms with Crippen LogP contribution in [0.3, 0.4) is 0 Å². The number of hydrogen-bond acceptors (Lipinski definition) is 7. The molecule has 9 heteroatoms. The van der Waals surface area contributed by atoms with Crippen LogP contribution in [0, 0.1) is 0 Å². The fraction of sp³-hybridized carbons (Fsp3) is 0.235. The van der Waals surface area contributed by atoms with Gasteiger partial charge in [-0.25, -0.2) is 4.79 Å². The maximum Gasteiger partial charge on any atom is 0.358 e. The lowest BCUT2D eigenvalue weighted by atomic mass is 10.0. The summed E-state index contributed by atoms with van der Waals surface area (Å²) in [7, 11) is 1.11. The van der Waals surface area contributed by atoms with E-state index in [1.54, 1.807) is 30.3 Å². The molecule has 1 heterocycles. The van der Waals surface area contributed by atoms with Crippen LogP contribution in [0.1, 0.15) is 5.56 Å². The van der Waals surface area contributed by atoms with Gasteiger partial charge in [0.15, 0.2) is 11.5 Å². The summed E-state index contributed by atoms with van der Waals surface area (Å²) in [6, 6.07) is 8.85. The number of nitrogens with zero attached hydrogens (tertiary/aromatic N) is 1. The standard InChI is InChI=1S/C17H17FN2O6/c1-25-17(24)13-15(26-10-11-5-3-2-4-6-11)14(22)12(16(23)19-18)9-20(13)7-8-21/h2-6,8-9,14,22H,7,10H2,1H3,(H,19,23). The highest BCUT2D eigenvalue weighted by Crippen LogP contribution is 2.28. The first-order chi connectivity index (χ1) is 12.5. The molecule has 138 valence electrons. The van der Waals surface area contributed by atoms with E-state index in [0.717, 1.165) is 29.3 Å². The Bertz CT molecular complexity index is 747. The third-order valence-corrected chi connectivity index (χ3v) is 3.59. The molecule has 0 saturated heterocycles. The second-order valence-electron chi connectivity index (χ2n) is 5.21. The van der Waals surface area contributed by atoms with Gasteiger partial charge in [0.05, 0.1) is 19.2 Å². The molecule has 1 amide bonds. The molecule has 0 saturated carbocycles. The molecule has 2 rings (SSSR count). The number of benzene rings is 1. The summed E-state index contributed by atoms with van der Waals surface area (Å²) in [4.78, 5) is 35.8. The van der Waals surface area contributed by atoms with Crippen LogP contribution in [-0.2, 0) is 30.5 Å². The highest BCUT2D eigenvalue weighted by atomic mass is 19.2. The van der Waals surface area contributed by atoms with Crippen molar-refractivity contribution in [2.24, 2.45) is 0 Å². The van der Waals surface area contributed by atoms with Gasteiger partial charge in [0, 0.05) is 6.20 Å². The van der Waals surface area contributed by atoms with Crippen molar-refractivity contribution in [3.05, 3.63) is 59.1 Å². The average Bonchev–Trinajstić information content (AvgIpc) is 2.67. The number of rotatable bonds is 7. The Morgan fingerprint density at radius 1 is 1.35 bits per heavy atom. The third kappa shape index (κ3) is 4.06. The van der Waals surface area contributed by atoms with Gasteiger partial charge < -0.3 is 24.3 Å². The average molecular weight is 364 g/mol. The SMILES string of the molecule is COC(=O)C1=C(OCc2ccccc2)C(O)C(C(=O)NF)=CN1CC=O. The first-order valence-corrected chi connectivity index (χ1v) is 7.53. The molecule has 0 radical (unpaired) electrons. The minimum atomic E-state index is -1.72. The van der Waals surface area contributed by atoms with Crippen molar-refractivity contribution in [3.63, 3.8) is 0 Å². The van der Waals surface area contributed by atoms with E-state index < -0.39 is 23.6 Å². The molecule has 1 aliphatic heterocycles. The number of ether oxygens (including phenoxy) is 2. The van der Waals surface area contributed by atoms with E-state index >= 15 is 0 Å². The maximum absolute atomic E-state index is 12.6. The maximum atomic E-state index is 12.6. The lowest BCUT2D eigenvalue weighted by molar-refractivity contribution is -0.138. The summed E-state index contributed by atoms with van der Waals surface area (Å²) in [6.07, 6.45) is -0.251. The Labute approximate surface area is 148 Å². The first-order valence-electron chi connectivity index (χ1n) is 7.53. The van der Waals surface area contributed by atoms with Crippen molar-refractivity contribution in [1.82, 2.24) is 10.4 Å². The smallest absolute Gasteiger partial charge is 0.358 e. The molecule has 1 aromatic carbocycles. The van der Waals surface area contributed by atoms with Gasteiger partial charge in [-0.1, -0.05) is 34.8 Å². The van der Waals surface area contributed by atoms with Gasteiger partial charge in [-0.15, -0.1) is 0 Å². The largest absolute Gasteiger partial charge is 0.488 e. The van der Waals surface area contributed by atoms with Crippen molar-refractivity contribution in [3.8, 4) is 0 Å². The van der Waals surface area contributed by atoms with Crippen LogP contribution < -0.4 is 5.54 Å². The van der Waals surface area contributed by atoms with Crippen LogP contribution in [-0.4, -0.2) is 47.9 Å². The second-order valence-corrected chi connectivity index (χ2v) is 5.21. The van der Waals surface area contributed by atoms with Gasteiger partial charge in [-0.3, -0.25) is 4.79 Å². The summed E-state index contributed by atoms with van der Waals surface area (Å²) in [5.41, 5.74) is 0.953. The predicted octanol–water partition coefficient (Wildman–Crippen LogP) is 0.348. The van der Waals surface area contributed by atoms with E-state index in [-0.39, 0.29) is 24.6 Å². The summed E-state index contributed by atoms with van der Waals surface area (Å²) in [6.45, 7) is -0.369. The molecule has 1 unspecified atom stereocenters. The molecular weight excluding hydrogens is 347 g/mol. The highest BCUT2D eigenvalue weighted by molar-refractivity contribution is 5.97. The van der Waals surface area contributed by atoms with Gasteiger partial charge in [-0.05, 0) is 5.56 Å². The van der Waals surface area contributed by atoms with Crippen LogP contribution in [0.25, 0.3) is 0 Å². The van der Waals surface area contributed by atoms with Gasteiger partial charge in [0.2, 0.25) is 0 Å². The second kappa shape index (κ2) is 8.77. The van der Waals surface area contributed by atoms with E-state index in [9.17, 15) is 24.0 Å². The zero-order valence-electron chi connectivity index (χ0n) is 13.8. The normalized spacial score (nSPS) is 16.7. The Kier molecular flexibility index (Phi) is 6.45. The fourth-order valence-electron chi connectivity index (χ4n) is 2.37. The Hall–Kier alpha value is -3.20. The van der Waals surface area contributed by atoms with Crippen molar-refractivity contribution in [2.75, 3.05) is 13.7 Å². The van der Waals surface area contributed by atoms with E-state index in [4.69, 9.17) is 4.74 Å². The molecule has 26 heavy (non-hydrogen) atoms. The monoisotopic (exact) mass is 364 g/mol. The number of aliphatic hydroxyl groups is 1. The molecule has 0 aliphatic carbocycles. The van der Waals surface area contributed by atoms with Crippen LogP contribution >= 0.6 is 0 Å². The van der Waals surface area contributed by atoms with Crippen LogP contribution in [0.5, 0.6) is 0 Å². The van der Waals surface area contributed by atoms with Crippen molar-refractivity contribution < 1.29 is 33.4 Å². The summed E-state index contributed by atoms with van der Waals surface area (Å²) in [5.74, 6) is -2.42. The number of aliphatic hydroxyl groups excluding tert-OH is 1. The molecule has 0 aromatic heterocycles. The fourth-order valence-corrected chi connectivity index (χ4v) is 2.37. The number of nitrogens with one attached hydrogen (secondary N) is 1. The lowest BCUT2D eigenvalue weighted by Crippen LogP contribution is -2.39. The minimum Gasteiger partial charge on any atom is -0.488 e. The topological polar surface area (TPSA) is 105 Å². The molecule has 0 fully saturated rings. The Balaban J connectivity index is 2.43. The Morgan fingerprint density at radius 2 is 2.04 bits per heavy atom. The van der Waals surface area contributed by atoms with Gasteiger partial charge in [0.1, 0.15) is 19.0 Å². The van der Waals surface area contributed by atoms with Crippen molar-refractivity contribution in [1.29, 1.82) is 0 Å². The molecule has 8 nitrogen and oxygen atoms in total. The number of carbonyl (C=O) groups is 3. The van der Waals surface area contributed by atoms with Crippen LogP contribution in [0.4, 0.5) is 4.48 Å². The zero-order valence-corrected chi connectivity index (χ0v) is 13.8. The summed E-state index contributed by atoms with van der Waals surface area (Å²) < 4.78 is 22.8. The number of amides is 1. The summed E-state index contributed by atoms with van der Waals surface area (Å²) >= 11 is 0. The van der Waals surface area contributed by atoms with E-state index in [0.29, 0.717) is 6.29 Å². The van der Waals surface area contributed by atoms with Gasteiger partial charge in [0.25, 0.3) is 5.91 Å². The minimum absolute atomic E-state index is 0.0345. The van der Waals surface area contributed by atoms with E-state index in [1.807, 2.05) is 0 Å². The van der Waals surface area contributed by atoms with E-state index in [1.165, 1.54) is 0 Å². The molecular formula is C17H17FN2O6. The number of aldehydes is 1. The Morgan fingerprint density at radius 3 is 2.62 bits per heavy atom. The predicted molar refractivity (Wildman–Crippen MR) is 86.4 cm³/mol. The van der Waals surface area contributed by atoms with Crippen molar-refractivity contribution >= 4 is 18.2 Å². The van der Waals surface area contributed by atoms with E-state index in [2.05, 4.69) is 4.74 Å². The van der Waals surface area contributed by atoms with Gasteiger partial charge in [-0.2, -0.15) is 5.54 Å². The highest BCUT2D eigenvalue weighted by Gasteiger charge is 2.37. The number of methoxy groups -OCH3 is 1. The molecule has 0 bridgehead atoms. The lowest BCUT2D eigenvalue weighted by Gasteiger charge is -2.31. The number of halogens is 1. The molecule has 0 spiro atoms. The van der Waals surface area contributed by atoms with Gasteiger partial charge >= 0.3 is 5.97 Å². The van der Waals surface area contributed by atoms with Crippen LogP contribution in [0.2, 0.25) is 0 Å².